The first-order valence-electron chi connectivity index (χ1n) is 7.99. The van der Waals surface area contributed by atoms with Crippen molar-refractivity contribution in [3.05, 3.63) is 34.7 Å². The summed E-state index contributed by atoms with van der Waals surface area (Å²) in [5.41, 5.74) is 1.40. The zero-order valence-corrected chi connectivity index (χ0v) is 15.4. The number of amides is 2. The van der Waals surface area contributed by atoms with Crippen molar-refractivity contribution < 1.29 is 23.9 Å². The van der Waals surface area contributed by atoms with Crippen LogP contribution in [0.15, 0.2) is 39.4 Å². The number of hydrogen-bond donors (Lipinski definition) is 1. The summed E-state index contributed by atoms with van der Waals surface area (Å²) in [5.74, 6) is -0.531. The first-order valence-corrected chi connectivity index (χ1v) is 8.80. The molecular weight excluding hydrogens is 372 g/mol. The summed E-state index contributed by atoms with van der Waals surface area (Å²) in [7, 11) is 1.23. The molecule has 2 aliphatic heterocycles. The van der Waals surface area contributed by atoms with Crippen molar-refractivity contribution >= 4 is 46.6 Å². The van der Waals surface area contributed by atoms with Crippen LogP contribution < -0.4 is 15.0 Å². The fourth-order valence-electron chi connectivity index (χ4n) is 2.44. The van der Waals surface area contributed by atoms with Crippen LogP contribution in [0, 0.1) is 0 Å². The van der Waals surface area contributed by atoms with E-state index in [0.717, 1.165) is 23.4 Å². The zero-order valence-electron chi connectivity index (χ0n) is 14.6. The number of esters is 1. The number of amidine groups is 1. The van der Waals surface area contributed by atoms with Gasteiger partial charge in [0, 0.05) is 12.6 Å². The summed E-state index contributed by atoms with van der Waals surface area (Å²) in [4.78, 5) is 36.7. The Hall–Kier alpha value is -3.14. The number of nitrogens with zero attached hydrogens (tertiary/aromatic N) is 3. The average molecular weight is 388 g/mol. The molecule has 1 fully saturated rings. The molecule has 1 saturated heterocycles. The summed E-state index contributed by atoms with van der Waals surface area (Å²) in [6.07, 6.45) is 2.58. The SMILES string of the molecule is CCN1C(=O)COc2ccc(C=N/N=C3/NC(=O)/C(=C\C(=O)OC)S3)cc21. The van der Waals surface area contributed by atoms with Gasteiger partial charge in [0.15, 0.2) is 11.8 Å². The van der Waals surface area contributed by atoms with Gasteiger partial charge in [0.25, 0.3) is 11.8 Å². The zero-order chi connectivity index (χ0) is 19.4. The standard InChI is InChI=1S/C17H16N4O5S/c1-3-21-11-6-10(4-5-12(11)26-9-14(21)22)8-18-20-17-19-16(24)13(27-17)7-15(23)25-2/h4-8H,3,9H2,1-2H3,(H,19,20,24)/b13-7+,18-8?. The van der Waals surface area contributed by atoms with Gasteiger partial charge < -0.3 is 14.4 Å². The molecule has 2 amide bonds. The van der Waals surface area contributed by atoms with E-state index in [1.807, 2.05) is 6.92 Å². The molecule has 1 aromatic carbocycles. The fourth-order valence-corrected chi connectivity index (χ4v) is 3.17. The van der Waals surface area contributed by atoms with Crippen molar-refractivity contribution in [3.8, 4) is 5.75 Å². The molecule has 0 spiro atoms. The molecular formula is C17H16N4O5S. The highest BCUT2D eigenvalue weighted by Crippen LogP contribution is 2.32. The van der Waals surface area contributed by atoms with E-state index in [-0.39, 0.29) is 22.6 Å². The van der Waals surface area contributed by atoms with Crippen LogP contribution in [-0.4, -0.2) is 49.4 Å². The Kier molecular flexibility index (Phi) is 5.55. The maximum Gasteiger partial charge on any atom is 0.331 e. The van der Waals surface area contributed by atoms with E-state index >= 15 is 0 Å². The molecule has 27 heavy (non-hydrogen) atoms. The van der Waals surface area contributed by atoms with Gasteiger partial charge in [0.1, 0.15) is 5.75 Å². The van der Waals surface area contributed by atoms with Gasteiger partial charge in [-0.25, -0.2) is 4.79 Å². The summed E-state index contributed by atoms with van der Waals surface area (Å²) >= 11 is 0.988. The number of benzene rings is 1. The Morgan fingerprint density at radius 3 is 3.00 bits per heavy atom. The fraction of sp³-hybridized carbons (Fsp3) is 0.235. The van der Waals surface area contributed by atoms with E-state index in [2.05, 4.69) is 20.3 Å². The van der Waals surface area contributed by atoms with Crippen LogP contribution in [0.2, 0.25) is 0 Å². The number of likely N-dealkylation sites (N-methyl/N-ethyl adjacent to an activating group) is 1. The third-order valence-electron chi connectivity index (χ3n) is 3.70. The number of carbonyl (C=O) groups is 3. The lowest BCUT2D eigenvalue weighted by Gasteiger charge is -2.28. The van der Waals surface area contributed by atoms with Crippen molar-refractivity contribution in [3.63, 3.8) is 0 Å². The molecule has 1 aromatic rings. The molecule has 140 valence electrons. The number of carbonyl (C=O) groups excluding carboxylic acids is 3. The van der Waals surface area contributed by atoms with Crippen LogP contribution in [0.25, 0.3) is 0 Å². The second-order valence-electron chi connectivity index (χ2n) is 5.39. The third kappa shape index (κ3) is 4.17. The number of anilines is 1. The topological polar surface area (TPSA) is 110 Å². The van der Waals surface area contributed by atoms with Crippen molar-refractivity contribution in [2.24, 2.45) is 10.2 Å². The molecule has 9 nitrogen and oxygen atoms in total. The summed E-state index contributed by atoms with van der Waals surface area (Å²) in [5, 5.41) is 10.6. The Morgan fingerprint density at radius 1 is 1.44 bits per heavy atom. The Bertz CT molecular complexity index is 893. The van der Waals surface area contributed by atoms with Crippen molar-refractivity contribution in [1.82, 2.24) is 5.32 Å². The molecule has 2 heterocycles. The lowest BCUT2D eigenvalue weighted by molar-refractivity contribution is -0.135. The summed E-state index contributed by atoms with van der Waals surface area (Å²) in [6, 6.07) is 5.33. The highest BCUT2D eigenvalue weighted by molar-refractivity contribution is 8.18. The van der Waals surface area contributed by atoms with Crippen molar-refractivity contribution in [1.29, 1.82) is 0 Å². The second-order valence-corrected chi connectivity index (χ2v) is 6.42. The first kappa shape index (κ1) is 18.6. The lowest BCUT2D eigenvalue weighted by Crippen LogP contribution is -2.38. The van der Waals surface area contributed by atoms with Crippen LogP contribution in [0.1, 0.15) is 12.5 Å². The molecule has 0 atom stereocenters. The number of fused-ring (bicyclic) bond motifs is 1. The molecule has 0 radical (unpaired) electrons. The number of hydrogen-bond acceptors (Lipinski definition) is 8. The van der Waals surface area contributed by atoms with Crippen LogP contribution in [0.5, 0.6) is 5.75 Å². The monoisotopic (exact) mass is 388 g/mol. The van der Waals surface area contributed by atoms with E-state index in [4.69, 9.17) is 4.74 Å². The Labute approximate surface area is 159 Å². The van der Waals surface area contributed by atoms with Gasteiger partial charge in [0.2, 0.25) is 0 Å². The van der Waals surface area contributed by atoms with Gasteiger partial charge in [-0.3, -0.25) is 14.9 Å². The van der Waals surface area contributed by atoms with E-state index in [1.54, 1.807) is 23.1 Å². The molecule has 0 bridgehead atoms. The predicted octanol–water partition coefficient (Wildman–Crippen LogP) is 1.04. The van der Waals surface area contributed by atoms with E-state index < -0.39 is 11.9 Å². The number of ether oxygens (including phenoxy) is 2. The van der Waals surface area contributed by atoms with Crippen LogP contribution in [-0.2, 0) is 19.1 Å². The molecule has 3 rings (SSSR count). The maximum absolute atomic E-state index is 11.9. The van der Waals surface area contributed by atoms with Gasteiger partial charge in [-0.1, -0.05) is 0 Å². The molecule has 1 N–H and O–H groups in total. The van der Waals surface area contributed by atoms with E-state index in [9.17, 15) is 14.4 Å². The molecule has 0 unspecified atom stereocenters. The molecule has 0 aromatic heterocycles. The third-order valence-corrected chi connectivity index (χ3v) is 4.60. The van der Waals surface area contributed by atoms with Gasteiger partial charge in [-0.2, -0.15) is 5.10 Å². The predicted molar refractivity (Wildman–Crippen MR) is 101 cm³/mol. The van der Waals surface area contributed by atoms with E-state index in [0.29, 0.717) is 18.0 Å². The number of thioether (sulfide) groups is 1. The highest BCUT2D eigenvalue weighted by atomic mass is 32.2. The largest absolute Gasteiger partial charge is 0.482 e. The minimum Gasteiger partial charge on any atom is -0.482 e. The number of rotatable bonds is 4. The highest BCUT2D eigenvalue weighted by Gasteiger charge is 2.25. The van der Waals surface area contributed by atoms with Gasteiger partial charge >= 0.3 is 5.97 Å². The first-order chi connectivity index (χ1) is 13.0. The van der Waals surface area contributed by atoms with Gasteiger partial charge in [0.05, 0.1) is 23.9 Å². The van der Waals surface area contributed by atoms with Crippen LogP contribution in [0.4, 0.5) is 5.69 Å². The van der Waals surface area contributed by atoms with Crippen LogP contribution >= 0.6 is 11.8 Å². The second kappa shape index (κ2) is 8.04. The Morgan fingerprint density at radius 2 is 2.26 bits per heavy atom. The van der Waals surface area contributed by atoms with Crippen molar-refractivity contribution in [2.45, 2.75) is 6.92 Å². The van der Waals surface area contributed by atoms with E-state index in [1.165, 1.54) is 13.3 Å². The lowest BCUT2D eigenvalue weighted by atomic mass is 10.1. The molecule has 2 aliphatic rings. The number of methoxy groups -OCH3 is 1. The average Bonchev–Trinajstić information content (AvgIpc) is 3.00. The summed E-state index contributed by atoms with van der Waals surface area (Å²) < 4.78 is 9.90. The minimum atomic E-state index is -0.622. The van der Waals surface area contributed by atoms with Crippen LogP contribution in [0.3, 0.4) is 0 Å². The maximum atomic E-state index is 11.9. The van der Waals surface area contributed by atoms with Gasteiger partial charge in [-0.05, 0) is 42.4 Å². The van der Waals surface area contributed by atoms with Crippen molar-refractivity contribution in [2.75, 3.05) is 25.2 Å². The molecule has 0 saturated carbocycles. The molecule has 0 aliphatic carbocycles. The Balaban J connectivity index is 1.74. The summed E-state index contributed by atoms with van der Waals surface area (Å²) in [6.45, 7) is 2.45. The quantitative estimate of drug-likeness (QED) is 0.357. The molecule has 10 heteroatoms. The normalized spacial score (nSPS) is 19.4. The minimum absolute atomic E-state index is 0.0281. The van der Waals surface area contributed by atoms with Gasteiger partial charge in [-0.15, -0.1) is 5.10 Å². The number of nitrogens with one attached hydrogen (secondary N) is 1. The smallest absolute Gasteiger partial charge is 0.331 e.